The van der Waals surface area contributed by atoms with E-state index in [9.17, 15) is 19.6 Å². The molecule has 3 amide bonds. The standard InChI is InChI=1S/C19H20N4O5/c1-12-16(14(10-20)17(28-12)23-8-4-5-9-23)18(25)27-11-15(24)22-19(26)21-13-6-2-3-7-13/h4-5,8-9,13H,2-3,6-7,11H2,1H3,(H2,21,22,24,26). The lowest BCUT2D eigenvalue weighted by molar-refractivity contribution is -0.123. The van der Waals surface area contributed by atoms with Crippen LogP contribution in [0, 0.1) is 18.3 Å². The molecule has 1 aliphatic carbocycles. The van der Waals surface area contributed by atoms with Gasteiger partial charge in [0, 0.05) is 18.4 Å². The fourth-order valence-corrected chi connectivity index (χ4v) is 3.19. The van der Waals surface area contributed by atoms with Crippen molar-refractivity contribution in [2.24, 2.45) is 0 Å². The lowest BCUT2D eigenvalue weighted by Crippen LogP contribution is -2.45. The maximum Gasteiger partial charge on any atom is 0.343 e. The molecule has 0 spiro atoms. The smallest absolute Gasteiger partial charge is 0.343 e. The summed E-state index contributed by atoms with van der Waals surface area (Å²) in [6, 6.07) is 4.88. The minimum Gasteiger partial charge on any atom is -0.452 e. The molecule has 2 aromatic heterocycles. The zero-order chi connectivity index (χ0) is 20.1. The highest BCUT2D eigenvalue weighted by molar-refractivity contribution is 5.98. The monoisotopic (exact) mass is 384 g/mol. The van der Waals surface area contributed by atoms with Crippen molar-refractivity contribution in [1.29, 1.82) is 5.26 Å². The van der Waals surface area contributed by atoms with Crippen molar-refractivity contribution in [2.45, 2.75) is 38.6 Å². The van der Waals surface area contributed by atoms with E-state index in [1.54, 1.807) is 29.1 Å². The molecule has 2 N–H and O–H groups in total. The van der Waals surface area contributed by atoms with Crippen molar-refractivity contribution in [3.05, 3.63) is 41.4 Å². The Morgan fingerprint density at radius 3 is 2.61 bits per heavy atom. The number of aryl methyl sites for hydroxylation is 1. The van der Waals surface area contributed by atoms with Gasteiger partial charge in [0.05, 0.1) is 0 Å². The fraction of sp³-hybridized carbons (Fsp3) is 0.368. The first-order valence-corrected chi connectivity index (χ1v) is 8.94. The number of carbonyl (C=O) groups is 3. The van der Waals surface area contributed by atoms with Gasteiger partial charge in [-0.2, -0.15) is 5.26 Å². The number of nitrogens with zero attached hydrogens (tertiary/aromatic N) is 2. The van der Waals surface area contributed by atoms with Crippen LogP contribution in [0.25, 0.3) is 5.88 Å². The Morgan fingerprint density at radius 2 is 1.96 bits per heavy atom. The van der Waals surface area contributed by atoms with Gasteiger partial charge < -0.3 is 14.5 Å². The van der Waals surface area contributed by atoms with Crippen molar-refractivity contribution in [1.82, 2.24) is 15.2 Å². The van der Waals surface area contributed by atoms with E-state index in [1.807, 2.05) is 6.07 Å². The maximum absolute atomic E-state index is 12.4. The number of imide groups is 1. The molecule has 0 atom stereocenters. The molecule has 2 heterocycles. The predicted octanol–water partition coefficient (Wildman–Crippen LogP) is 2.18. The molecule has 0 saturated heterocycles. The zero-order valence-corrected chi connectivity index (χ0v) is 15.4. The number of urea groups is 1. The highest BCUT2D eigenvalue weighted by atomic mass is 16.5. The van der Waals surface area contributed by atoms with Crippen LogP contribution in [0.5, 0.6) is 0 Å². The van der Waals surface area contributed by atoms with Gasteiger partial charge in [-0.3, -0.25) is 14.7 Å². The number of amides is 3. The van der Waals surface area contributed by atoms with Crippen molar-refractivity contribution >= 4 is 17.9 Å². The summed E-state index contributed by atoms with van der Waals surface area (Å²) in [6.45, 7) is 0.880. The third-order valence-electron chi connectivity index (χ3n) is 4.50. The Balaban J connectivity index is 1.59. The molecule has 1 fully saturated rings. The second-order valence-electron chi connectivity index (χ2n) is 6.49. The number of hydrogen-bond acceptors (Lipinski definition) is 6. The summed E-state index contributed by atoms with van der Waals surface area (Å²) in [4.78, 5) is 36.0. The minimum absolute atomic E-state index is 0.0121. The Kier molecular flexibility index (Phi) is 5.79. The lowest BCUT2D eigenvalue weighted by atomic mass is 10.1. The van der Waals surface area contributed by atoms with Crippen molar-refractivity contribution in [2.75, 3.05) is 6.61 Å². The Morgan fingerprint density at radius 1 is 1.29 bits per heavy atom. The number of hydrogen-bond donors (Lipinski definition) is 2. The highest BCUT2D eigenvalue weighted by Crippen LogP contribution is 2.26. The zero-order valence-electron chi connectivity index (χ0n) is 15.4. The molecule has 2 aromatic rings. The van der Waals surface area contributed by atoms with Gasteiger partial charge in [-0.15, -0.1) is 0 Å². The molecule has 9 nitrogen and oxygen atoms in total. The molecule has 0 unspecified atom stereocenters. The van der Waals surface area contributed by atoms with Gasteiger partial charge in [-0.1, -0.05) is 12.8 Å². The van der Waals surface area contributed by atoms with E-state index in [0.29, 0.717) is 0 Å². The minimum atomic E-state index is -0.873. The number of rotatable bonds is 5. The summed E-state index contributed by atoms with van der Waals surface area (Å²) in [7, 11) is 0. The van der Waals surface area contributed by atoms with Crippen LogP contribution in [0.2, 0.25) is 0 Å². The first kappa shape index (κ1) is 19.2. The summed E-state index contributed by atoms with van der Waals surface area (Å²) < 4.78 is 12.0. The summed E-state index contributed by atoms with van der Waals surface area (Å²) >= 11 is 0. The van der Waals surface area contributed by atoms with Crippen LogP contribution in [-0.4, -0.2) is 35.1 Å². The lowest BCUT2D eigenvalue weighted by Gasteiger charge is -2.12. The molecule has 0 aliphatic heterocycles. The number of furan rings is 1. The van der Waals surface area contributed by atoms with Crippen LogP contribution in [0.1, 0.15) is 47.4 Å². The van der Waals surface area contributed by atoms with Crippen LogP contribution in [-0.2, 0) is 9.53 Å². The molecular formula is C19H20N4O5. The highest BCUT2D eigenvalue weighted by Gasteiger charge is 2.26. The van der Waals surface area contributed by atoms with Gasteiger partial charge in [0.1, 0.15) is 23.0 Å². The van der Waals surface area contributed by atoms with E-state index < -0.39 is 24.5 Å². The second-order valence-corrected chi connectivity index (χ2v) is 6.49. The first-order valence-electron chi connectivity index (χ1n) is 8.94. The summed E-state index contributed by atoms with van der Waals surface area (Å²) in [5, 5.41) is 14.3. The SMILES string of the molecule is Cc1oc(-n2cccc2)c(C#N)c1C(=O)OCC(=O)NC(=O)NC1CCCC1. The molecule has 0 aromatic carbocycles. The number of esters is 1. The molecule has 1 aliphatic rings. The number of nitriles is 1. The predicted molar refractivity (Wildman–Crippen MR) is 96.7 cm³/mol. The van der Waals surface area contributed by atoms with Gasteiger partial charge in [-0.25, -0.2) is 9.59 Å². The van der Waals surface area contributed by atoms with Crippen molar-refractivity contribution < 1.29 is 23.5 Å². The van der Waals surface area contributed by atoms with E-state index >= 15 is 0 Å². The number of carbonyl (C=O) groups excluding carboxylic acids is 3. The van der Waals surface area contributed by atoms with E-state index in [0.717, 1.165) is 25.7 Å². The van der Waals surface area contributed by atoms with Gasteiger partial charge in [-0.05, 0) is 31.9 Å². The second kappa shape index (κ2) is 8.43. The molecular weight excluding hydrogens is 364 g/mol. The van der Waals surface area contributed by atoms with Gasteiger partial charge in [0.25, 0.3) is 5.91 Å². The van der Waals surface area contributed by atoms with E-state index in [4.69, 9.17) is 9.15 Å². The maximum atomic E-state index is 12.4. The third kappa shape index (κ3) is 4.23. The first-order chi connectivity index (χ1) is 13.5. The normalized spacial score (nSPS) is 13.7. The average molecular weight is 384 g/mol. The van der Waals surface area contributed by atoms with Crippen LogP contribution in [0.4, 0.5) is 4.79 Å². The number of ether oxygens (including phenoxy) is 1. The molecule has 3 rings (SSSR count). The molecule has 0 radical (unpaired) electrons. The van der Waals surface area contributed by atoms with E-state index in [1.165, 1.54) is 6.92 Å². The van der Waals surface area contributed by atoms with E-state index in [-0.39, 0.29) is 28.8 Å². The fourth-order valence-electron chi connectivity index (χ4n) is 3.19. The van der Waals surface area contributed by atoms with Crippen LogP contribution in [0.3, 0.4) is 0 Å². The number of nitrogens with one attached hydrogen (secondary N) is 2. The Bertz CT molecular complexity index is 917. The molecule has 146 valence electrons. The van der Waals surface area contributed by atoms with Gasteiger partial charge >= 0.3 is 12.0 Å². The van der Waals surface area contributed by atoms with Crippen molar-refractivity contribution in [3.63, 3.8) is 0 Å². The molecule has 9 heteroatoms. The molecule has 28 heavy (non-hydrogen) atoms. The summed E-state index contributed by atoms with van der Waals surface area (Å²) in [5.74, 6) is -1.24. The molecule has 1 saturated carbocycles. The summed E-state index contributed by atoms with van der Waals surface area (Å²) in [6.07, 6.45) is 7.21. The quantitative estimate of drug-likeness (QED) is 0.761. The van der Waals surface area contributed by atoms with Crippen LogP contribution in [0.15, 0.2) is 28.9 Å². The summed E-state index contributed by atoms with van der Waals surface area (Å²) in [5.41, 5.74) is -0.0347. The van der Waals surface area contributed by atoms with E-state index in [2.05, 4.69) is 10.6 Å². The van der Waals surface area contributed by atoms with Crippen LogP contribution >= 0.6 is 0 Å². The topological polar surface area (TPSA) is 126 Å². The number of aromatic nitrogens is 1. The van der Waals surface area contributed by atoms with Gasteiger partial charge in [0.15, 0.2) is 6.61 Å². The molecule has 0 bridgehead atoms. The van der Waals surface area contributed by atoms with Gasteiger partial charge in [0.2, 0.25) is 5.88 Å². The largest absolute Gasteiger partial charge is 0.452 e. The average Bonchev–Trinajstić information content (AvgIpc) is 3.40. The van der Waals surface area contributed by atoms with Crippen LogP contribution < -0.4 is 10.6 Å². The Labute approximate surface area is 161 Å². The Hall–Kier alpha value is -3.54. The van der Waals surface area contributed by atoms with Crippen molar-refractivity contribution in [3.8, 4) is 12.0 Å². The third-order valence-corrected chi connectivity index (χ3v) is 4.50.